The summed E-state index contributed by atoms with van der Waals surface area (Å²) < 4.78 is 4.83. The molecule has 0 aliphatic carbocycles. The highest BCUT2D eigenvalue weighted by atomic mass is 35.5. The number of hydrogen-bond acceptors (Lipinski definition) is 3. The van der Waals surface area contributed by atoms with Crippen molar-refractivity contribution in [1.29, 1.82) is 0 Å². The van der Waals surface area contributed by atoms with E-state index in [9.17, 15) is 9.59 Å². The van der Waals surface area contributed by atoms with Crippen LogP contribution in [0, 0.1) is 6.92 Å². The minimum atomic E-state index is -0.485. The number of allylic oxidation sites excluding steroid dienone is 3. The van der Waals surface area contributed by atoms with Crippen LogP contribution in [0.1, 0.15) is 16.1 Å². The summed E-state index contributed by atoms with van der Waals surface area (Å²) in [7, 11) is 0. The lowest BCUT2D eigenvalue weighted by molar-refractivity contribution is 0.104. The first-order valence-corrected chi connectivity index (χ1v) is 5.11. The molecule has 84 valence electrons. The maximum absolute atomic E-state index is 11.6. The van der Waals surface area contributed by atoms with Crippen LogP contribution in [0.15, 0.2) is 44.1 Å². The van der Waals surface area contributed by atoms with E-state index in [-0.39, 0.29) is 16.0 Å². The fourth-order valence-corrected chi connectivity index (χ4v) is 1.21. The zero-order valence-electron chi connectivity index (χ0n) is 8.37. The van der Waals surface area contributed by atoms with Gasteiger partial charge in [0.1, 0.15) is 10.3 Å². The number of hydrogen-bond donors (Lipinski definition) is 0. The van der Waals surface area contributed by atoms with E-state index >= 15 is 0 Å². The van der Waals surface area contributed by atoms with Gasteiger partial charge in [-0.1, -0.05) is 29.3 Å². The zero-order valence-corrected chi connectivity index (χ0v) is 9.88. The second kappa shape index (κ2) is 5.68. The second-order valence-electron chi connectivity index (χ2n) is 2.90. The van der Waals surface area contributed by atoms with E-state index in [4.69, 9.17) is 27.6 Å². The molecule has 0 fully saturated rings. The Morgan fingerprint density at radius 2 is 2.06 bits per heavy atom. The first kappa shape index (κ1) is 12.7. The lowest BCUT2D eigenvalue weighted by Gasteiger charge is -1.97. The van der Waals surface area contributed by atoms with Crippen LogP contribution in [0.5, 0.6) is 0 Å². The van der Waals surface area contributed by atoms with Crippen molar-refractivity contribution < 1.29 is 9.21 Å². The molecule has 0 atom stereocenters. The number of halogens is 2. The Hall–Kier alpha value is -1.32. The summed E-state index contributed by atoms with van der Waals surface area (Å²) in [5.41, 5.74) is -0.156. The summed E-state index contributed by atoms with van der Waals surface area (Å²) in [6, 6.07) is 2.61. The van der Waals surface area contributed by atoms with E-state index in [0.29, 0.717) is 5.56 Å². The molecule has 0 N–H and O–H groups in total. The second-order valence-corrected chi connectivity index (χ2v) is 3.91. The minimum Gasteiger partial charge on any atom is -0.427 e. The van der Waals surface area contributed by atoms with Crippen LogP contribution in [0.2, 0.25) is 0 Å². The van der Waals surface area contributed by atoms with E-state index in [1.807, 2.05) is 0 Å². The molecule has 1 heterocycles. The topological polar surface area (TPSA) is 47.3 Å². The molecular formula is C11H8Cl2O3. The quantitative estimate of drug-likeness (QED) is 0.476. The third-order valence-electron chi connectivity index (χ3n) is 1.75. The molecule has 0 unspecified atom stereocenters. The van der Waals surface area contributed by atoms with Gasteiger partial charge in [-0.3, -0.25) is 4.79 Å². The molecule has 1 aromatic rings. The van der Waals surface area contributed by atoms with Crippen LogP contribution in [-0.2, 0) is 0 Å². The largest absolute Gasteiger partial charge is 0.427 e. The van der Waals surface area contributed by atoms with Crippen LogP contribution in [0.25, 0.3) is 0 Å². The molecule has 1 rings (SSSR count). The molecule has 0 radical (unpaired) electrons. The van der Waals surface area contributed by atoms with Crippen LogP contribution < -0.4 is 5.63 Å². The number of carbonyl (C=O) groups is 1. The van der Waals surface area contributed by atoms with Crippen LogP contribution >= 0.6 is 23.2 Å². The Morgan fingerprint density at radius 1 is 1.38 bits per heavy atom. The van der Waals surface area contributed by atoms with Gasteiger partial charge in [0.05, 0.1) is 5.56 Å². The van der Waals surface area contributed by atoms with Gasteiger partial charge in [-0.15, -0.1) is 0 Å². The van der Waals surface area contributed by atoms with Gasteiger partial charge in [0.2, 0.25) is 0 Å². The van der Waals surface area contributed by atoms with Gasteiger partial charge < -0.3 is 4.42 Å². The van der Waals surface area contributed by atoms with E-state index in [2.05, 4.69) is 0 Å². The number of aryl methyl sites for hydroxylation is 1. The molecule has 5 heteroatoms. The van der Waals surface area contributed by atoms with Gasteiger partial charge in [-0.25, -0.2) is 4.79 Å². The predicted octanol–water partition coefficient (Wildman–Crippen LogP) is 3.01. The maximum Gasteiger partial charge on any atom is 0.335 e. The first-order chi connectivity index (χ1) is 7.50. The molecule has 0 saturated carbocycles. The Morgan fingerprint density at radius 3 is 2.62 bits per heavy atom. The fourth-order valence-electron chi connectivity index (χ4n) is 1.06. The molecule has 1 aromatic heterocycles. The summed E-state index contributed by atoms with van der Waals surface area (Å²) in [6.45, 7) is 1.55. The highest BCUT2D eigenvalue weighted by Gasteiger charge is 2.07. The van der Waals surface area contributed by atoms with E-state index < -0.39 is 5.63 Å². The van der Waals surface area contributed by atoms with Crippen molar-refractivity contribution in [2.45, 2.75) is 6.92 Å². The maximum atomic E-state index is 11.6. The van der Waals surface area contributed by atoms with E-state index in [0.717, 1.165) is 0 Å². The van der Waals surface area contributed by atoms with Crippen molar-refractivity contribution in [3.05, 3.63) is 56.6 Å². The van der Waals surface area contributed by atoms with Crippen LogP contribution in [0.4, 0.5) is 0 Å². The molecule has 0 amide bonds. The SMILES string of the molecule is Cc1oc(=O)ccc1C(=O)/C=C/C=C(Cl)Cl. The van der Waals surface area contributed by atoms with Crippen molar-refractivity contribution in [2.24, 2.45) is 0 Å². The Balaban J connectivity index is 2.93. The monoisotopic (exact) mass is 258 g/mol. The summed E-state index contributed by atoms with van der Waals surface area (Å²) in [5.74, 6) is -0.00446. The minimum absolute atomic E-state index is 0.0559. The van der Waals surface area contributed by atoms with Crippen molar-refractivity contribution in [3.63, 3.8) is 0 Å². The third kappa shape index (κ3) is 3.68. The number of ketones is 1. The van der Waals surface area contributed by atoms with Crippen molar-refractivity contribution in [3.8, 4) is 0 Å². The molecule has 0 aliphatic heterocycles. The zero-order chi connectivity index (χ0) is 12.1. The first-order valence-electron chi connectivity index (χ1n) is 4.35. The summed E-state index contributed by atoms with van der Waals surface area (Å²) in [6.07, 6.45) is 4.07. The molecule has 0 spiro atoms. The van der Waals surface area contributed by atoms with Gasteiger partial charge in [0.15, 0.2) is 5.78 Å². The molecule has 0 aliphatic rings. The van der Waals surface area contributed by atoms with E-state index in [1.54, 1.807) is 6.92 Å². The average Bonchev–Trinajstić information content (AvgIpc) is 2.16. The van der Waals surface area contributed by atoms with Crippen molar-refractivity contribution in [1.82, 2.24) is 0 Å². The molecule has 3 nitrogen and oxygen atoms in total. The lowest BCUT2D eigenvalue weighted by Crippen LogP contribution is -2.04. The van der Waals surface area contributed by atoms with Gasteiger partial charge in [-0.2, -0.15) is 0 Å². The van der Waals surface area contributed by atoms with Crippen LogP contribution in [-0.4, -0.2) is 5.78 Å². The Kier molecular flexibility index (Phi) is 4.52. The molecule has 0 saturated heterocycles. The van der Waals surface area contributed by atoms with Gasteiger partial charge in [0.25, 0.3) is 0 Å². The van der Waals surface area contributed by atoms with Crippen molar-refractivity contribution >= 4 is 29.0 Å². The molecule has 16 heavy (non-hydrogen) atoms. The summed E-state index contributed by atoms with van der Waals surface area (Å²) in [4.78, 5) is 22.4. The summed E-state index contributed by atoms with van der Waals surface area (Å²) in [5, 5.41) is 0. The Bertz CT molecular complexity index is 508. The standard InChI is InChI=1S/C11H8Cl2O3/c1-7-8(5-6-11(15)16-7)9(14)3-2-4-10(12)13/h2-6H,1H3/b3-2+. The smallest absolute Gasteiger partial charge is 0.335 e. The fraction of sp³-hybridized carbons (Fsp3) is 0.0909. The number of carbonyl (C=O) groups excluding carboxylic acids is 1. The normalized spacial score (nSPS) is 10.4. The highest BCUT2D eigenvalue weighted by Crippen LogP contribution is 2.08. The molecule has 0 bridgehead atoms. The van der Waals surface area contributed by atoms with Gasteiger partial charge >= 0.3 is 5.63 Å². The van der Waals surface area contributed by atoms with Gasteiger partial charge in [0, 0.05) is 6.07 Å². The molecule has 0 aromatic carbocycles. The highest BCUT2D eigenvalue weighted by molar-refractivity contribution is 6.56. The van der Waals surface area contributed by atoms with Crippen LogP contribution in [0.3, 0.4) is 0 Å². The molecular weight excluding hydrogens is 251 g/mol. The van der Waals surface area contributed by atoms with E-state index in [1.165, 1.54) is 30.4 Å². The predicted molar refractivity (Wildman–Crippen MR) is 63.0 cm³/mol. The van der Waals surface area contributed by atoms with Crippen molar-refractivity contribution in [2.75, 3.05) is 0 Å². The average molecular weight is 259 g/mol. The van der Waals surface area contributed by atoms with Gasteiger partial charge in [-0.05, 0) is 25.1 Å². The summed E-state index contributed by atoms with van der Waals surface area (Å²) >= 11 is 10.7. The number of rotatable bonds is 3. The third-order valence-corrected chi connectivity index (χ3v) is 2.01. The lowest BCUT2D eigenvalue weighted by atomic mass is 10.1. The Labute approximate surface area is 102 Å².